The minimum Gasteiger partial charge on any atom is -0.400 e. The van der Waals surface area contributed by atoms with Crippen LogP contribution in [0.1, 0.15) is 12.8 Å². The molecule has 0 bridgehead atoms. The molecule has 1 aliphatic carbocycles. The minimum atomic E-state index is -0.510. The van der Waals surface area contributed by atoms with E-state index in [9.17, 15) is 0 Å². The first-order chi connectivity index (χ1) is 5.31. The van der Waals surface area contributed by atoms with Gasteiger partial charge in [-0.05, 0) is 12.8 Å². The zero-order chi connectivity index (χ0) is 8.32. The van der Waals surface area contributed by atoms with Gasteiger partial charge >= 0.3 is 0 Å². The summed E-state index contributed by atoms with van der Waals surface area (Å²) < 4.78 is 10.8. The number of rotatable bonds is 0. The molecule has 2 rings (SSSR count). The van der Waals surface area contributed by atoms with Gasteiger partial charge in [-0.3, -0.25) is 0 Å². The highest BCUT2D eigenvalue weighted by atomic mass is 31.2. The van der Waals surface area contributed by atoms with Gasteiger partial charge in [0.15, 0.2) is 8.38 Å². The smallest absolute Gasteiger partial charge is 0.167 e. The van der Waals surface area contributed by atoms with Gasteiger partial charge in [0.1, 0.15) is 0 Å². The summed E-state index contributed by atoms with van der Waals surface area (Å²) in [7, 11) is 0.490. The van der Waals surface area contributed by atoms with Crippen LogP contribution in [0, 0.1) is 5.41 Å². The summed E-state index contributed by atoms with van der Waals surface area (Å²) in [5.41, 5.74) is 0.481. The van der Waals surface area contributed by atoms with Crippen LogP contribution >= 0.6 is 8.38 Å². The molecule has 11 heavy (non-hydrogen) atoms. The molecule has 1 saturated heterocycles. The van der Waals surface area contributed by atoms with Gasteiger partial charge in [0, 0.05) is 19.2 Å². The van der Waals surface area contributed by atoms with E-state index in [-0.39, 0.29) is 0 Å². The summed E-state index contributed by atoms with van der Waals surface area (Å²) in [6, 6.07) is 0. The minimum absolute atomic E-state index is 0.481. The van der Waals surface area contributed by atoms with Crippen LogP contribution < -0.4 is 0 Å². The molecule has 3 nitrogen and oxygen atoms in total. The van der Waals surface area contributed by atoms with Crippen molar-refractivity contribution in [3.63, 3.8) is 0 Å². The molecule has 1 heterocycles. The molecular weight excluding hydrogens is 163 g/mol. The lowest BCUT2D eigenvalue weighted by molar-refractivity contribution is 0.107. The summed E-state index contributed by atoms with van der Waals surface area (Å²) in [6.45, 7) is 3.93. The van der Waals surface area contributed by atoms with Gasteiger partial charge in [-0.15, -0.1) is 0 Å². The van der Waals surface area contributed by atoms with E-state index in [2.05, 4.69) is 0 Å². The van der Waals surface area contributed by atoms with Crippen molar-refractivity contribution in [2.45, 2.75) is 12.8 Å². The maximum absolute atomic E-state index is 7.00. The topological polar surface area (TPSA) is 38.7 Å². The normalized spacial score (nSPS) is 27.5. The number of aliphatic hydroxyl groups is 1. The van der Waals surface area contributed by atoms with E-state index in [1.807, 2.05) is 6.66 Å². The summed E-state index contributed by atoms with van der Waals surface area (Å²) >= 11 is 0. The van der Waals surface area contributed by atoms with E-state index in [0.717, 1.165) is 20.3 Å². The standard InChI is InChI=1S/C6H11O2P.CH4O/c1-9-7-4-6(2-3-6)5-8-9;1-2/h2-5H2,1H3;2H,1H3. The second-order valence-corrected chi connectivity index (χ2v) is 4.38. The first-order valence-electron chi connectivity index (χ1n) is 3.75. The van der Waals surface area contributed by atoms with E-state index >= 15 is 0 Å². The molecule has 0 unspecified atom stereocenters. The highest BCUT2D eigenvalue weighted by molar-refractivity contribution is 7.46. The average molecular weight is 178 g/mol. The Morgan fingerprint density at radius 2 is 1.64 bits per heavy atom. The van der Waals surface area contributed by atoms with Gasteiger partial charge in [0.2, 0.25) is 0 Å². The molecular formula is C7H15O3P. The third kappa shape index (κ3) is 2.38. The van der Waals surface area contributed by atoms with E-state index < -0.39 is 8.38 Å². The lowest BCUT2D eigenvalue weighted by Gasteiger charge is -2.25. The van der Waals surface area contributed by atoms with Crippen LogP contribution in [-0.4, -0.2) is 32.1 Å². The Kier molecular flexibility index (Phi) is 3.26. The van der Waals surface area contributed by atoms with Crippen LogP contribution in [0.3, 0.4) is 0 Å². The predicted molar refractivity (Wildman–Crippen MR) is 44.6 cm³/mol. The molecule has 0 radical (unpaired) electrons. The van der Waals surface area contributed by atoms with Crippen molar-refractivity contribution in [3.05, 3.63) is 0 Å². The molecule has 0 aromatic rings. The fourth-order valence-electron chi connectivity index (χ4n) is 1.00. The van der Waals surface area contributed by atoms with E-state index in [4.69, 9.17) is 14.2 Å². The van der Waals surface area contributed by atoms with Crippen molar-refractivity contribution < 1.29 is 14.2 Å². The second-order valence-electron chi connectivity index (χ2n) is 2.99. The molecule has 0 atom stereocenters. The Bertz CT molecular complexity index is 115. The van der Waals surface area contributed by atoms with Crippen molar-refractivity contribution >= 4 is 8.38 Å². The van der Waals surface area contributed by atoms with Crippen LogP contribution in [0.15, 0.2) is 0 Å². The summed E-state index contributed by atoms with van der Waals surface area (Å²) in [6.07, 6.45) is 2.63. The maximum Gasteiger partial charge on any atom is 0.167 e. The third-order valence-corrected chi connectivity index (χ3v) is 3.05. The fourth-order valence-corrected chi connectivity index (χ4v) is 1.99. The molecule has 4 heteroatoms. The average Bonchev–Trinajstić information content (AvgIpc) is 2.81. The number of hydrogen-bond donors (Lipinski definition) is 1. The van der Waals surface area contributed by atoms with Crippen LogP contribution in [-0.2, 0) is 9.05 Å². The van der Waals surface area contributed by atoms with Crippen LogP contribution in [0.5, 0.6) is 0 Å². The zero-order valence-corrected chi connectivity index (χ0v) is 7.93. The first-order valence-corrected chi connectivity index (χ1v) is 5.38. The monoisotopic (exact) mass is 178 g/mol. The van der Waals surface area contributed by atoms with E-state index in [1.54, 1.807) is 0 Å². The van der Waals surface area contributed by atoms with Gasteiger partial charge in [-0.25, -0.2) is 0 Å². The highest BCUT2D eigenvalue weighted by Gasteiger charge is 2.46. The van der Waals surface area contributed by atoms with Crippen LogP contribution in [0.2, 0.25) is 0 Å². The molecule has 0 amide bonds. The zero-order valence-electron chi connectivity index (χ0n) is 7.04. The summed E-state index contributed by atoms with van der Waals surface area (Å²) in [5, 5.41) is 7.00. The van der Waals surface area contributed by atoms with Gasteiger partial charge in [-0.1, -0.05) is 0 Å². The maximum atomic E-state index is 7.00. The Balaban J connectivity index is 0.000000281. The lowest BCUT2D eigenvalue weighted by Crippen LogP contribution is -2.20. The third-order valence-electron chi connectivity index (χ3n) is 2.06. The highest BCUT2D eigenvalue weighted by Crippen LogP contribution is 2.54. The summed E-state index contributed by atoms with van der Waals surface area (Å²) in [5.74, 6) is 0. The van der Waals surface area contributed by atoms with Crippen molar-refractivity contribution in [1.82, 2.24) is 0 Å². The molecule has 0 aromatic carbocycles. The molecule has 0 aromatic heterocycles. The first kappa shape index (κ1) is 9.40. The summed E-state index contributed by atoms with van der Waals surface area (Å²) in [4.78, 5) is 0. The van der Waals surface area contributed by atoms with Gasteiger partial charge < -0.3 is 14.2 Å². The van der Waals surface area contributed by atoms with Crippen molar-refractivity contribution in [1.29, 1.82) is 0 Å². The second kappa shape index (κ2) is 3.81. The molecule has 1 saturated carbocycles. The van der Waals surface area contributed by atoms with Gasteiger partial charge in [0.05, 0.1) is 13.2 Å². The van der Waals surface area contributed by atoms with Gasteiger partial charge in [-0.2, -0.15) is 0 Å². The van der Waals surface area contributed by atoms with E-state index in [1.165, 1.54) is 12.8 Å². The molecule has 2 fully saturated rings. The SMILES string of the molecule is CO.CP1OCC2(CC2)CO1. The molecule has 1 aliphatic heterocycles. The Morgan fingerprint density at radius 3 is 2.00 bits per heavy atom. The molecule has 66 valence electrons. The Labute approximate surface area is 68.6 Å². The fraction of sp³-hybridized carbons (Fsp3) is 1.00. The van der Waals surface area contributed by atoms with E-state index in [0.29, 0.717) is 5.41 Å². The van der Waals surface area contributed by atoms with Gasteiger partial charge in [0.25, 0.3) is 0 Å². The Hall–Kier alpha value is 0.310. The lowest BCUT2D eigenvalue weighted by atomic mass is 10.1. The van der Waals surface area contributed by atoms with Crippen molar-refractivity contribution in [2.75, 3.05) is 27.0 Å². The quantitative estimate of drug-likeness (QED) is 0.569. The molecule has 1 spiro atoms. The molecule has 1 N–H and O–H groups in total. The van der Waals surface area contributed by atoms with Crippen molar-refractivity contribution in [3.8, 4) is 0 Å². The van der Waals surface area contributed by atoms with Crippen molar-refractivity contribution in [2.24, 2.45) is 5.41 Å². The number of aliphatic hydroxyl groups excluding tert-OH is 1. The predicted octanol–water partition coefficient (Wildman–Crippen LogP) is 1.36. The molecule has 2 aliphatic rings. The largest absolute Gasteiger partial charge is 0.400 e. The van der Waals surface area contributed by atoms with Crippen LogP contribution in [0.25, 0.3) is 0 Å². The Morgan fingerprint density at radius 1 is 1.18 bits per heavy atom. The number of hydrogen-bond acceptors (Lipinski definition) is 3. The van der Waals surface area contributed by atoms with Crippen LogP contribution in [0.4, 0.5) is 0 Å².